The van der Waals surface area contributed by atoms with Crippen LogP contribution in [0.25, 0.3) is 16.7 Å². The van der Waals surface area contributed by atoms with Gasteiger partial charge in [-0.2, -0.15) is 0 Å². The lowest BCUT2D eigenvalue weighted by molar-refractivity contribution is 0.296. The average molecular weight is 359 g/mol. The van der Waals surface area contributed by atoms with Crippen molar-refractivity contribution in [3.63, 3.8) is 0 Å². The molecule has 26 heavy (non-hydrogen) atoms. The number of nitrogens with zero attached hydrogens (tertiary/aromatic N) is 1. The van der Waals surface area contributed by atoms with E-state index in [1.807, 2.05) is 18.2 Å². The maximum absolute atomic E-state index is 5.63. The van der Waals surface area contributed by atoms with Gasteiger partial charge < -0.3 is 4.98 Å². The standard InChI is InChI=1S/C23H22N2S/c26-23-21(19-10-5-2-6-11-19)13-14-22(24-23)20-12-7-15-25(17-20)16-18-8-3-1-4-9-18/h1-6,8-14H,7,15-17H2,(H,24,26). The summed E-state index contributed by atoms with van der Waals surface area (Å²) in [5.74, 6) is 0. The van der Waals surface area contributed by atoms with Gasteiger partial charge >= 0.3 is 0 Å². The molecule has 3 heteroatoms. The minimum Gasteiger partial charge on any atom is -0.346 e. The van der Waals surface area contributed by atoms with Gasteiger partial charge in [-0.1, -0.05) is 79.0 Å². The Morgan fingerprint density at radius 3 is 2.35 bits per heavy atom. The molecule has 2 heterocycles. The van der Waals surface area contributed by atoms with Crippen LogP contribution in [0.4, 0.5) is 0 Å². The Morgan fingerprint density at radius 2 is 1.62 bits per heavy atom. The van der Waals surface area contributed by atoms with Crippen LogP contribution >= 0.6 is 12.2 Å². The van der Waals surface area contributed by atoms with Gasteiger partial charge in [0.2, 0.25) is 0 Å². The minimum absolute atomic E-state index is 0.801. The highest BCUT2D eigenvalue weighted by molar-refractivity contribution is 7.71. The van der Waals surface area contributed by atoms with E-state index < -0.39 is 0 Å². The number of hydrogen-bond acceptors (Lipinski definition) is 2. The maximum atomic E-state index is 5.63. The minimum atomic E-state index is 0.801. The molecule has 0 saturated carbocycles. The van der Waals surface area contributed by atoms with Crippen LogP contribution in [0.3, 0.4) is 0 Å². The number of hydrogen-bond donors (Lipinski definition) is 1. The summed E-state index contributed by atoms with van der Waals surface area (Å²) in [4.78, 5) is 5.94. The van der Waals surface area contributed by atoms with Crippen molar-refractivity contribution in [2.45, 2.75) is 13.0 Å². The molecule has 1 aliphatic rings. The van der Waals surface area contributed by atoms with Crippen LogP contribution in [0.5, 0.6) is 0 Å². The number of nitrogens with one attached hydrogen (secondary N) is 1. The Balaban J connectivity index is 1.53. The molecule has 2 aromatic carbocycles. The molecule has 0 spiro atoms. The predicted octanol–water partition coefficient (Wildman–Crippen LogP) is 5.70. The fraction of sp³-hybridized carbons (Fsp3) is 0.174. The molecule has 0 fully saturated rings. The Labute approximate surface area is 159 Å². The first kappa shape index (κ1) is 17.0. The lowest BCUT2D eigenvalue weighted by atomic mass is 10.0. The van der Waals surface area contributed by atoms with Crippen molar-refractivity contribution in [1.29, 1.82) is 0 Å². The Hall–Kier alpha value is -2.49. The number of aromatic amines is 1. The molecule has 1 N–H and O–H groups in total. The highest BCUT2D eigenvalue weighted by Gasteiger charge is 2.15. The monoisotopic (exact) mass is 358 g/mol. The second-order valence-electron chi connectivity index (χ2n) is 6.70. The smallest absolute Gasteiger partial charge is 0.111 e. The molecule has 1 aromatic heterocycles. The molecule has 4 rings (SSSR count). The number of pyridine rings is 1. The molecule has 3 aromatic rings. The summed E-state index contributed by atoms with van der Waals surface area (Å²) in [6, 6.07) is 25.3. The molecule has 0 saturated heterocycles. The van der Waals surface area contributed by atoms with E-state index in [0.29, 0.717) is 0 Å². The summed E-state index contributed by atoms with van der Waals surface area (Å²) in [6.07, 6.45) is 3.41. The van der Waals surface area contributed by atoms with Crippen LogP contribution in [-0.4, -0.2) is 23.0 Å². The average Bonchev–Trinajstić information content (AvgIpc) is 2.69. The summed E-state index contributed by atoms with van der Waals surface area (Å²) in [5, 5.41) is 0. The van der Waals surface area contributed by atoms with E-state index in [9.17, 15) is 0 Å². The maximum Gasteiger partial charge on any atom is 0.111 e. The van der Waals surface area contributed by atoms with E-state index >= 15 is 0 Å². The van der Waals surface area contributed by atoms with E-state index in [1.165, 1.54) is 11.1 Å². The second-order valence-corrected chi connectivity index (χ2v) is 7.10. The van der Waals surface area contributed by atoms with Gasteiger partial charge in [-0.25, -0.2) is 0 Å². The summed E-state index contributed by atoms with van der Waals surface area (Å²) < 4.78 is 0.801. The number of aromatic nitrogens is 1. The number of rotatable bonds is 4. The van der Waals surface area contributed by atoms with Gasteiger partial charge in [0.1, 0.15) is 4.64 Å². The summed E-state index contributed by atoms with van der Waals surface area (Å²) in [7, 11) is 0. The van der Waals surface area contributed by atoms with Crippen LogP contribution in [-0.2, 0) is 6.54 Å². The molecule has 2 nitrogen and oxygen atoms in total. The van der Waals surface area contributed by atoms with E-state index in [2.05, 4.69) is 70.6 Å². The third-order valence-electron chi connectivity index (χ3n) is 4.82. The first-order valence-corrected chi connectivity index (χ1v) is 9.45. The Morgan fingerprint density at radius 1 is 0.885 bits per heavy atom. The van der Waals surface area contributed by atoms with Crippen molar-refractivity contribution in [1.82, 2.24) is 9.88 Å². The van der Waals surface area contributed by atoms with Gasteiger partial charge in [0.05, 0.1) is 0 Å². The van der Waals surface area contributed by atoms with Crippen LogP contribution in [0, 0.1) is 4.64 Å². The van der Waals surface area contributed by atoms with Gasteiger partial charge in [-0.05, 0) is 35.3 Å². The van der Waals surface area contributed by atoms with Crippen molar-refractivity contribution < 1.29 is 0 Å². The van der Waals surface area contributed by atoms with Crippen molar-refractivity contribution in [3.8, 4) is 11.1 Å². The molecule has 1 aliphatic heterocycles. The molecule has 0 radical (unpaired) electrons. The molecule has 130 valence electrons. The quantitative estimate of drug-likeness (QED) is 0.603. The first-order valence-electron chi connectivity index (χ1n) is 9.04. The van der Waals surface area contributed by atoms with Gasteiger partial charge in [0.25, 0.3) is 0 Å². The Bertz CT molecular complexity index is 958. The zero-order valence-corrected chi connectivity index (χ0v) is 15.5. The molecule has 0 bridgehead atoms. The fourth-order valence-corrected chi connectivity index (χ4v) is 3.78. The zero-order valence-electron chi connectivity index (χ0n) is 14.7. The normalized spacial score (nSPS) is 14.8. The van der Waals surface area contributed by atoms with E-state index in [-0.39, 0.29) is 0 Å². The number of benzene rings is 2. The van der Waals surface area contributed by atoms with Crippen molar-refractivity contribution in [3.05, 3.63) is 94.8 Å². The van der Waals surface area contributed by atoms with Crippen molar-refractivity contribution in [2.24, 2.45) is 0 Å². The molecule has 0 unspecified atom stereocenters. The molecular formula is C23H22N2S. The van der Waals surface area contributed by atoms with Gasteiger partial charge in [0.15, 0.2) is 0 Å². The zero-order chi connectivity index (χ0) is 17.8. The van der Waals surface area contributed by atoms with E-state index in [1.54, 1.807) is 0 Å². The predicted molar refractivity (Wildman–Crippen MR) is 111 cm³/mol. The highest BCUT2D eigenvalue weighted by atomic mass is 32.1. The molecule has 0 aliphatic carbocycles. The van der Waals surface area contributed by atoms with Gasteiger partial charge in [-0.15, -0.1) is 0 Å². The van der Waals surface area contributed by atoms with E-state index in [4.69, 9.17) is 12.2 Å². The van der Waals surface area contributed by atoms with Crippen molar-refractivity contribution >= 4 is 17.8 Å². The summed E-state index contributed by atoms with van der Waals surface area (Å²) in [5.41, 5.74) is 6.07. The SMILES string of the molecule is S=c1[nH]c(C2=CCCN(Cc3ccccc3)C2)ccc1-c1ccccc1. The summed E-state index contributed by atoms with van der Waals surface area (Å²) >= 11 is 5.63. The summed E-state index contributed by atoms with van der Waals surface area (Å²) in [6.45, 7) is 3.03. The van der Waals surface area contributed by atoms with Crippen LogP contribution < -0.4 is 0 Å². The topological polar surface area (TPSA) is 19.0 Å². The third kappa shape index (κ3) is 3.85. The Kier molecular flexibility index (Phi) is 5.09. The lowest BCUT2D eigenvalue weighted by Crippen LogP contribution is -2.29. The highest BCUT2D eigenvalue weighted by Crippen LogP contribution is 2.25. The lowest BCUT2D eigenvalue weighted by Gasteiger charge is -2.27. The van der Waals surface area contributed by atoms with Gasteiger partial charge in [-0.3, -0.25) is 4.90 Å². The molecule has 0 atom stereocenters. The third-order valence-corrected chi connectivity index (χ3v) is 5.14. The second kappa shape index (κ2) is 7.81. The largest absolute Gasteiger partial charge is 0.346 e. The van der Waals surface area contributed by atoms with Gasteiger partial charge in [0, 0.05) is 30.9 Å². The fourth-order valence-electron chi connectivity index (χ4n) is 3.48. The van der Waals surface area contributed by atoms with Crippen LogP contribution in [0.15, 0.2) is 78.9 Å². The molecular weight excluding hydrogens is 336 g/mol. The number of H-pyrrole nitrogens is 1. The van der Waals surface area contributed by atoms with Crippen LogP contribution in [0.2, 0.25) is 0 Å². The van der Waals surface area contributed by atoms with Crippen LogP contribution in [0.1, 0.15) is 17.7 Å². The molecule has 0 amide bonds. The first-order chi connectivity index (χ1) is 12.8. The van der Waals surface area contributed by atoms with E-state index in [0.717, 1.165) is 47.5 Å². The van der Waals surface area contributed by atoms with Crippen molar-refractivity contribution in [2.75, 3.05) is 13.1 Å².